The minimum absolute atomic E-state index is 0.0275. The smallest absolute Gasteiger partial charge is 0.242 e. The number of amides is 3. The van der Waals surface area contributed by atoms with Crippen LogP contribution in [0.1, 0.15) is 25.0 Å². The normalized spacial score (nSPS) is 18.0. The van der Waals surface area contributed by atoms with E-state index >= 15 is 0 Å². The molecule has 0 spiro atoms. The van der Waals surface area contributed by atoms with Crippen molar-refractivity contribution in [2.75, 3.05) is 6.54 Å². The van der Waals surface area contributed by atoms with Gasteiger partial charge in [0.05, 0.1) is 12.6 Å². The summed E-state index contributed by atoms with van der Waals surface area (Å²) in [5.74, 6) is -1.31. The number of carbonyl (C=O) groups is 3. The fourth-order valence-electron chi connectivity index (χ4n) is 2.72. The standard InChI is InChI=1S/C17H24N4O3/c1-10(2)15(18)17(24)20-8-14(22)21-9-12-6-4-3-5-11(12)7-13(21)16(19)23/h3-6,10,13,15H,7-9,18H2,1-2H3,(H2,19,23)(H,20,24)/t13?,15-/m0/s1. The van der Waals surface area contributed by atoms with Gasteiger partial charge in [-0.1, -0.05) is 38.1 Å². The Morgan fingerprint density at radius 3 is 2.46 bits per heavy atom. The molecule has 0 radical (unpaired) electrons. The van der Waals surface area contributed by atoms with E-state index in [4.69, 9.17) is 11.5 Å². The Morgan fingerprint density at radius 1 is 1.25 bits per heavy atom. The lowest BCUT2D eigenvalue weighted by Gasteiger charge is -2.35. The number of benzene rings is 1. The second kappa shape index (κ2) is 7.44. The maximum Gasteiger partial charge on any atom is 0.242 e. The van der Waals surface area contributed by atoms with Crippen molar-refractivity contribution in [2.24, 2.45) is 17.4 Å². The maximum atomic E-state index is 12.5. The summed E-state index contributed by atoms with van der Waals surface area (Å²) in [6, 6.07) is 6.24. The summed E-state index contributed by atoms with van der Waals surface area (Å²) in [5.41, 5.74) is 13.2. The van der Waals surface area contributed by atoms with Crippen LogP contribution in [-0.2, 0) is 27.3 Å². The van der Waals surface area contributed by atoms with E-state index in [9.17, 15) is 14.4 Å². The van der Waals surface area contributed by atoms with Gasteiger partial charge in [-0.2, -0.15) is 0 Å². The van der Waals surface area contributed by atoms with Gasteiger partial charge in [-0.25, -0.2) is 0 Å². The van der Waals surface area contributed by atoms with Crippen LogP contribution in [-0.4, -0.2) is 41.2 Å². The summed E-state index contributed by atoms with van der Waals surface area (Å²) in [6.45, 7) is 3.76. The van der Waals surface area contributed by atoms with Gasteiger partial charge in [0.25, 0.3) is 0 Å². The van der Waals surface area contributed by atoms with Gasteiger partial charge in [0.2, 0.25) is 17.7 Å². The van der Waals surface area contributed by atoms with Crippen LogP contribution in [0.5, 0.6) is 0 Å². The van der Waals surface area contributed by atoms with Gasteiger partial charge in [0.15, 0.2) is 0 Å². The average molecular weight is 332 g/mol. The van der Waals surface area contributed by atoms with Gasteiger partial charge in [-0.05, 0) is 17.0 Å². The minimum atomic E-state index is -0.705. The van der Waals surface area contributed by atoms with Crippen LogP contribution in [0.3, 0.4) is 0 Å². The molecule has 1 aliphatic heterocycles. The molecule has 0 bridgehead atoms. The molecule has 0 aromatic heterocycles. The molecule has 130 valence electrons. The number of hydrogen-bond donors (Lipinski definition) is 3. The van der Waals surface area contributed by atoms with E-state index in [1.54, 1.807) is 0 Å². The Balaban J connectivity index is 2.07. The van der Waals surface area contributed by atoms with E-state index < -0.39 is 18.0 Å². The molecule has 7 nitrogen and oxygen atoms in total. The predicted molar refractivity (Wildman–Crippen MR) is 89.5 cm³/mol. The van der Waals surface area contributed by atoms with Crippen molar-refractivity contribution in [3.8, 4) is 0 Å². The third kappa shape index (κ3) is 3.91. The first-order chi connectivity index (χ1) is 11.3. The number of nitrogens with one attached hydrogen (secondary N) is 1. The molecule has 1 aromatic rings. The van der Waals surface area contributed by atoms with Crippen LogP contribution < -0.4 is 16.8 Å². The highest BCUT2D eigenvalue weighted by Gasteiger charge is 2.33. The lowest BCUT2D eigenvalue weighted by Crippen LogP contribution is -2.54. The molecule has 7 heteroatoms. The highest BCUT2D eigenvalue weighted by Crippen LogP contribution is 2.23. The Hall–Kier alpha value is -2.41. The molecule has 1 aromatic carbocycles. The number of hydrogen-bond acceptors (Lipinski definition) is 4. The van der Waals surface area contributed by atoms with Gasteiger partial charge in [-0.3, -0.25) is 14.4 Å². The van der Waals surface area contributed by atoms with Crippen LogP contribution in [0.25, 0.3) is 0 Å². The Morgan fingerprint density at radius 2 is 1.88 bits per heavy atom. The zero-order valence-corrected chi connectivity index (χ0v) is 14.0. The quantitative estimate of drug-likeness (QED) is 0.675. The highest BCUT2D eigenvalue weighted by molar-refractivity contribution is 5.91. The van der Waals surface area contributed by atoms with Crippen molar-refractivity contribution in [2.45, 2.75) is 38.9 Å². The first-order valence-electron chi connectivity index (χ1n) is 8.00. The zero-order valence-electron chi connectivity index (χ0n) is 14.0. The fourth-order valence-corrected chi connectivity index (χ4v) is 2.72. The molecule has 1 aliphatic rings. The van der Waals surface area contributed by atoms with Gasteiger partial charge in [-0.15, -0.1) is 0 Å². The molecular weight excluding hydrogens is 308 g/mol. The minimum Gasteiger partial charge on any atom is -0.368 e. The molecule has 1 heterocycles. The summed E-state index contributed by atoms with van der Waals surface area (Å²) in [4.78, 5) is 37.5. The maximum absolute atomic E-state index is 12.5. The molecule has 5 N–H and O–H groups in total. The lowest BCUT2D eigenvalue weighted by atomic mass is 9.93. The van der Waals surface area contributed by atoms with Gasteiger partial charge in [0.1, 0.15) is 6.04 Å². The molecule has 0 fully saturated rings. The van der Waals surface area contributed by atoms with Gasteiger partial charge < -0.3 is 21.7 Å². The highest BCUT2D eigenvalue weighted by atomic mass is 16.2. The Kier molecular flexibility index (Phi) is 5.56. The van der Waals surface area contributed by atoms with E-state index in [0.717, 1.165) is 11.1 Å². The van der Waals surface area contributed by atoms with Crippen molar-refractivity contribution < 1.29 is 14.4 Å². The molecule has 0 aliphatic carbocycles. The molecule has 24 heavy (non-hydrogen) atoms. The van der Waals surface area contributed by atoms with Crippen molar-refractivity contribution >= 4 is 17.7 Å². The van der Waals surface area contributed by atoms with E-state index in [-0.39, 0.29) is 24.3 Å². The summed E-state index contributed by atoms with van der Waals surface area (Å²) < 4.78 is 0. The van der Waals surface area contributed by atoms with Crippen molar-refractivity contribution in [1.82, 2.24) is 10.2 Å². The van der Waals surface area contributed by atoms with E-state index in [0.29, 0.717) is 13.0 Å². The summed E-state index contributed by atoms with van der Waals surface area (Å²) in [6.07, 6.45) is 0.386. The summed E-state index contributed by atoms with van der Waals surface area (Å²) in [7, 11) is 0. The lowest BCUT2D eigenvalue weighted by molar-refractivity contribution is -0.141. The van der Waals surface area contributed by atoms with E-state index in [1.165, 1.54) is 4.90 Å². The predicted octanol–water partition coefficient (Wildman–Crippen LogP) is -0.475. The first-order valence-corrected chi connectivity index (χ1v) is 8.00. The third-order valence-electron chi connectivity index (χ3n) is 4.33. The van der Waals surface area contributed by atoms with Crippen molar-refractivity contribution in [3.63, 3.8) is 0 Å². The average Bonchev–Trinajstić information content (AvgIpc) is 2.57. The summed E-state index contributed by atoms with van der Waals surface area (Å²) >= 11 is 0. The van der Waals surface area contributed by atoms with E-state index in [1.807, 2.05) is 38.1 Å². The Labute approximate surface area is 141 Å². The second-order valence-electron chi connectivity index (χ2n) is 6.40. The first kappa shape index (κ1) is 17.9. The third-order valence-corrected chi connectivity index (χ3v) is 4.33. The van der Waals surface area contributed by atoms with Crippen LogP contribution in [0.4, 0.5) is 0 Å². The number of primary amides is 1. The SMILES string of the molecule is CC(C)[C@H](N)C(=O)NCC(=O)N1Cc2ccccc2CC1C(N)=O. The van der Waals surface area contributed by atoms with Crippen molar-refractivity contribution in [3.05, 3.63) is 35.4 Å². The Bertz CT molecular complexity index is 644. The number of fused-ring (bicyclic) bond motifs is 1. The van der Waals surface area contributed by atoms with Crippen LogP contribution >= 0.6 is 0 Å². The number of nitrogens with zero attached hydrogens (tertiary/aromatic N) is 1. The second-order valence-corrected chi connectivity index (χ2v) is 6.40. The number of rotatable bonds is 5. The van der Waals surface area contributed by atoms with Gasteiger partial charge >= 0.3 is 0 Å². The molecule has 1 unspecified atom stereocenters. The molecule has 2 rings (SSSR count). The zero-order chi connectivity index (χ0) is 17.9. The number of carbonyl (C=O) groups excluding carboxylic acids is 3. The van der Waals surface area contributed by atoms with Crippen LogP contribution in [0.15, 0.2) is 24.3 Å². The largest absolute Gasteiger partial charge is 0.368 e. The van der Waals surface area contributed by atoms with Crippen molar-refractivity contribution in [1.29, 1.82) is 0 Å². The summed E-state index contributed by atoms with van der Waals surface area (Å²) in [5, 5.41) is 2.54. The monoisotopic (exact) mass is 332 g/mol. The molecular formula is C17H24N4O3. The fraction of sp³-hybridized carbons (Fsp3) is 0.471. The topological polar surface area (TPSA) is 119 Å². The molecule has 2 atom stereocenters. The van der Waals surface area contributed by atoms with Crippen LogP contribution in [0, 0.1) is 5.92 Å². The van der Waals surface area contributed by atoms with Crippen LogP contribution in [0.2, 0.25) is 0 Å². The molecule has 0 saturated carbocycles. The van der Waals surface area contributed by atoms with Gasteiger partial charge in [0, 0.05) is 13.0 Å². The van der Waals surface area contributed by atoms with E-state index in [2.05, 4.69) is 5.32 Å². The molecule has 0 saturated heterocycles. The molecule has 3 amide bonds. The number of nitrogens with two attached hydrogens (primary N) is 2.